The van der Waals surface area contributed by atoms with E-state index in [-0.39, 0.29) is 23.9 Å². The molecule has 12 nitrogen and oxygen atoms in total. The third-order valence-corrected chi connectivity index (χ3v) is 16.9. The lowest BCUT2D eigenvalue weighted by Crippen LogP contribution is -2.34. The number of ketones is 1. The fraction of sp³-hybridized carbons (Fsp3) is 0.323. The summed E-state index contributed by atoms with van der Waals surface area (Å²) < 4.78 is 33.3. The lowest BCUT2D eigenvalue weighted by atomic mass is 9.89. The molecular formula is C65H66N4O8S. The minimum Gasteiger partial charge on any atom is -0.465 e. The van der Waals surface area contributed by atoms with Crippen molar-refractivity contribution in [2.75, 3.05) is 42.6 Å². The predicted octanol–water partition coefficient (Wildman–Crippen LogP) is 14.0. The maximum absolute atomic E-state index is 14.8. The van der Waals surface area contributed by atoms with Crippen molar-refractivity contribution in [3.05, 3.63) is 179 Å². The topological polar surface area (TPSA) is 128 Å². The van der Waals surface area contributed by atoms with E-state index in [2.05, 4.69) is 57.4 Å². The van der Waals surface area contributed by atoms with Crippen molar-refractivity contribution in [2.45, 2.75) is 89.8 Å². The lowest BCUT2D eigenvalue weighted by molar-refractivity contribution is -0.106. The summed E-state index contributed by atoms with van der Waals surface area (Å²) in [4.78, 5) is 36.4. The van der Waals surface area contributed by atoms with Crippen molar-refractivity contribution in [3.63, 3.8) is 0 Å². The zero-order valence-corrected chi connectivity index (χ0v) is 45.4. The maximum atomic E-state index is 14.8. The maximum Gasteiger partial charge on any atom is 0.274 e. The van der Waals surface area contributed by atoms with Gasteiger partial charge >= 0.3 is 0 Å². The highest BCUT2D eigenvalue weighted by Crippen LogP contribution is 2.44. The molecule has 4 aliphatic heterocycles. The van der Waals surface area contributed by atoms with Gasteiger partial charge in [0.25, 0.3) is 5.56 Å². The van der Waals surface area contributed by atoms with Gasteiger partial charge in [0.2, 0.25) is 0 Å². The minimum atomic E-state index is -1.07. The van der Waals surface area contributed by atoms with Gasteiger partial charge in [-0.05, 0) is 191 Å². The molecule has 3 aromatic heterocycles. The number of carbonyl (C=O) groups is 1. The molecule has 78 heavy (non-hydrogen) atoms. The number of hydrogen-bond acceptors (Lipinski definition) is 11. The number of thiophene rings is 1. The summed E-state index contributed by atoms with van der Waals surface area (Å²) in [5.74, 6) is 3.37. The van der Waals surface area contributed by atoms with Crippen molar-refractivity contribution in [2.24, 2.45) is 13.0 Å². The van der Waals surface area contributed by atoms with Crippen LogP contribution in [0.3, 0.4) is 0 Å². The number of nitrogens with zero attached hydrogens (tertiary/aromatic N) is 3. The number of nitrogens with one attached hydrogen (secondary N) is 1. The number of aromatic nitrogens is 2. The normalized spacial score (nSPS) is 18.3. The van der Waals surface area contributed by atoms with Crippen LogP contribution in [0, 0.1) is 5.92 Å². The molecule has 400 valence electrons. The van der Waals surface area contributed by atoms with Crippen LogP contribution in [-0.4, -0.2) is 65.9 Å². The van der Waals surface area contributed by atoms with Crippen LogP contribution in [-0.2, 0) is 22.1 Å². The summed E-state index contributed by atoms with van der Waals surface area (Å²) in [6.45, 7) is 7.67. The SMILES string of the molecule is Cn1cc(-c2cc(C(C)(C)O)ccc2Oc2ccc(N3C=CC=C(CC4CCN(c5ccc(C(=O)c6c(-c7ccc(OC8CCCCO8)cc7)sc7cc(OC8CCCCO8)ccc67)cc5)CC4)C3)cc2)c2cc[nH]c2c1=O. The van der Waals surface area contributed by atoms with Crippen molar-refractivity contribution < 1.29 is 33.6 Å². The average molecular weight is 1060 g/mol. The number of benzene rings is 5. The van der Waals surface area contributed by atoms with Gasteiger partial charge < -0.3 is 48.1 Å². The number of allylic oxidation sites excluding steroid dienone is 2. The fourth-order valence-corrected chi connectivity index (χ4v) is 12.6. The monoisotopic (exact) mass is 1060 g/mol. The van der Waals surface area contributed by atoms with Crippen LogP contribution in [0.15, 0.2) is 156 Å². The van der Waals surface area contributed by atoms with E-state index >= 15 is 0 Å². The highest BCUT2D eigenvalue weighted by atomic mass is 32.1. The number of rotatable bonds is 15. The van der Waals surface area contributed by atoms with Gasteiger partial charge in [0.15, 0.2) is 18.4 Å². The van der Waals surface area contributed by atoms with E-state index in [0.717, 1.165) is 150 Å². The number of fused-ring (bicyclic) bond motifs is 2. The molecular weight excluding hydrogens is 997 g/mol. The van der Waals surface area contributed by atoms with Crippen LogP contribution < -0.4 is 29.6 Å². The first-order valence-electron chi connectivity index (χ1n) is 27.6. The molecule has 8 aromatic rings. The van der Waals surface area contributed by atoms with E-state index in [0.29, 0.717) is 40.7 Å². The Bertz CT molecular complexity index is 3570. The highest BCUT2D eigenvalue weighted by molar-refractivity contribution is 7.22. The van der Waals surface area contributed by atoms with Crippen LogP contribution >= 0.6 is 11.3 Å². The molecule has 3 saturated heterocycles. The van der Waals surface area contributed by atoms with Crippen LogP contribution in [0.25, 0.3) is 42.6 Å². The van der Waals surface area contributed by atoms with Crippen LogP contribution in [0.5, 0.6) is 23.0 Å². The van der Waals surface area contributed by atoms with Crippen molar-refractivity contribution >= 4 is 49.5 Å². The molecule has 4 aliphatic rings. The van der Waals surface area contributed by atoms with Gasteiger partial charge in [0, 0.05) is 112 Å². The quantitative estimate of drug-likeness (QED) is 0.0958. The number of carbonyl (C=O) groups excluding carboxylic acids is 1. The molecule has 7 heterocycles. The third kappa shape index (κ3) is 11.0. The van der Waals surface area contributed by atoms with Gasteiger partial charge in [-0.1, -0.05) is 17.7 Å². The summed E-state index contributed by atoms with van der Waals surface area (Å²) in [6, 6.07) is 38.1. The number of H-pyrrole nitrogens is 1. The Labute approximate surface area is 459 Å². The number of ether oxygens (including phenoxy) is 5. The summed E-state index contributed by atoms with van der Waals surface area (Å²) in [5, 5.41) is 12.7. The van der Waals surface area contributed by atoms with Crippen LogP contribution in [0.4, 0.5) is 11.4 Å². The number of piperidine rings is 1. The minimum absolute atomic E-state index is 0.00369. The third-order valence-electron chi connectivity index (χ3n) is 15.7. The molecule has 0 amide bonds. The predicted molar refractivity (Wildman–Crippen MR) is 310 cm³/mol. The summed E-state index contributed by atoms with van der Waals surface area (Å²) in [5.41, 5.74) is 7.62. The molecule has 0 saturated carbocycles. The molecule has 2 N–H and O–H groups in total. The van der Waals surface area contributed by atoms with Gasteiger partial charge in [-0.2, -0.15) is 0 Å². The van der Waals surface area contributed by atoms with E-state index in [1.54, 1.807) is 43.0 Å². The van der Waals surface area contributed by atoms with Crippen LogP contribution in [0.2, 0.25) is 0 Å². The number of aliphatic hydroxyl groups is 1. The number of hydrogen-bond donors (Lipinski definition) is 2. The Morgan fingerprint density at radius 3 is 2.15 bits per heavy atom. The fourth-order valence-electron chi connectivity index (χ4n) is 11.4. The smallest absolute Gasteiger partial charge is 0.274 e. The molecule has 0 bridgehead atoms. The van der Waals surface area contributed by atoms with Gasteiger partial charge in [-0.25, -0.2) is 0 Å². The summed E-state index contributed by atoms with van der Waals surface area (Å²) >= 11 is 1.61. The van der Waals surface area contributed by atoms with E-state index in [4.69, 9.17) is 23.7 Å². The molecule has 12 rings (SSSR count). The van der Waals surface area contributed by atoms with Crippen LogP contribution in [0.1, 0.15) is 93.1 Å². The molecule has 13 heteroatoms. The molecule has 2 unspecified atom stereocenters. The van der Waals surface area contributed by atoms with Gasteiger partial charge in [-0.15, -0.1) is 11.3 Å². The van der Waals surface area contributed by atoms with E-state index in [1.807, 2.05) is 97.2 Å². The van der Waals surface area contributed by atoms with Gasteiger partial charge in [0.05, 0.1) is 18.8 Å². The average Bonchev–Trinajstić information content (AvgIpc) is 4.27. The second kappa shape index (κ2) is 22.1. The Hall–Kier alpha value is -7.42. The second-order valence-electron chi connectivity index (χ2n) is 21.7. The van der Waals surface area contributed by atoms with E-state index in [1.165, 1.54) is 5.57 Å². The standard InChI is InChI=1S/C65H66N4O8S/c1-65(2,72)46-16-27-56(54(38-46)55-41-67(3)64(71)61-52(55)28-31-66-61)75-49-23-19-48(20-24-49)69-32-8-9-43(40-69)37-42-29-33-68(34-30-42)47-17-12-44(13-18-47)62(70)60-53-26-25-51(77-59-11-5-7-36-74-59)39-57(53)78-63(60)45-14-21-50(22-15-45)76-58-10-4-6-35-73-58/h8-9,12-28,31-32,38-39,41-42,58-59,66,72H,4-7,10-11,29-30,33-37,40H2,1-3H3. The molecule has 0 radical (unpaired) electrons. The summed E-state index contributed by atoms with van der Waals surface area (Å²) in [7, 11) is 1.74. The number of aromatic amines is 1. The Morgan fingerprint density at radius 2 is 1.45 bits per heavy atom. The first-order valence-corrected chi connectivity index (χ1v) is 28.4. The second-order valence-corrected chi connectivity index (χ2v) is 22.8. The van der Waals surface area contributed by atoms with Gasteiger partial charge in [0.1, 0.15) is 28.5 Å². The van der Waals surface area contributed by atoms with Crippen molar-refractivity contribution in [1.29, 1.82) is 0 Å². The van der Waals surface area contributed by atoms with Gasteiger partial charge in [-0.3, -0.25) is 9.59 Å². The molecule has 5 aromatic carbocycles. The first kappa shape index (κ1) is 51.3. The van der Waals surface area contributed by atoms with Crippen molar-refractivity contribution in [3.8, 4) is 44.6 Å². The largest absolute Gasteiger partial charge is 0.465 e. The van der Waals surface area contributed by atoms with E-state index in [9.17, 15) is 14.7 Å². The molecule has 3 fully saturated rings. The zero-order chi connectivity index (χ0) is 53.3. The number of pyridine rings is 1. The Kier molecular flexibility index (Phi) is 14.6. The first-order chi connectivity index (χ1) is 38.0. The summed E-state index contributed by atoms with van der Waals surface area (Å²) in [6.07, 6.45) is 18.9. The molecule has 0 aliphatic carbocycles. The molecule has 0 spiro atoms. The molecule has 2 atom stereocenters. The zero-order valence-electron chi connectivity index (χ0n) is 44.5. The number of aryl methyl sites for hydroxylation is 1. The Balaban J connectivity index is 0.686. The highest BCUT2D eigenvalue weighted by Gasteiger charge is 2.27. The number of anilines is 2. The lowest BCUT2D eigenvalue weighted by Gasteiger charge is -2.35. The van der Waals surface area contributed by atoms with Crippen molar-refractivity contribution in [1.82, 2.24) is 9.55 Å². The van der Waals surface area contributed by atoms with E-state index < -0.39 is 5.60 Å². The Morgan fingerprint density at radius 1 is 0.756 bits per heavy atom.